The topological polar surface area (TPSA) is 94.2 Å². The van der Waals surface area contributed by atoms with Crippen LogP contribution in [0.2, 0.25) is 0 Å². The number of hydrogen-bond donors (Lipinski definition) is 0. The zero-order valence-corrected chi connectivity index (χ0v) is 17.2. The maximum absolute atomic E-state index is 12.8. The Morgan fingerprint density at radius 1 is 1.33 bits per heavy atom. The zero-order valence-electron chi connectivity index (χ0n) is 17.2. The fourth-order valence-electron chi connectivity index (χ4n) is 3.90. The van der Waals surface area contributed by atoms with E-state index in [2.05, 4.69) is 20.1 Å². The van der Waals surface area contributed by atoms with Crippen LogP contribution in [0.3, 0.4) is 0 Å². The summed E-state index contributed by atoms with van der Waals surface area (Å²) in [5.41, 5.74) is 2.63. The number of aryl methyl sites for hydroxylation is 1. The Labute approximate surface area is 175 Å². The van der Waals surface area contributed by atoms with Gasteiger partial charge in [0, 0.05) is 31.9 Å². The van der Waals surface area contributed by atoms with E-state index in [1.807, 2.05) is 30.0 Å². The van der Waals surface area contributed by atoms with Crippen LogP contribution in [0.1, 0.15) is 29.9 Å². The molecular weight excluding hydrogens is 382 g/mol. The van der Waals surface area contributed by atoms with Crippen LogP contribution in [0.25, 0.3) is 11.5 Å². The molecule has 30 heavy (non-hydrogen) atoms. The van der Waals surface area contributed by atoms with Gasteiger partial charge >= 0.3 is 0 Å². The lowest BCUT2D eigenvalue weighted by Gasteiger charge is -2.32. The van der Waals surface area contributed by atoms with Crippen molar-refractivity contribution < 1.29 is 14.1 Å². The van der Waals surface area contributed by atoms with Crippen molar-refractivity contribution in [1.29, 1.82) is 0 Å². The van der Waals surface area contributed by atoms with E-state index in [-0.39, 0.29) is 5.91 Å². The minimum Gasteiger partial charge on any atom is -0.496 e. The molecule has 3 heterocycles. The lowest BCUT2D eigenvalue weighted by Crippen LogP contribution is -2.41. The number of nitrogens with zero attached hydrogens (tertiary/aromatic N) is 5. The Morgan fingerprint density at radius 2 is 2.23 bits per heavy atom. The van der Waals surface area contributed by atoms with E-state index in [9.17, 15) is 4.79 Å². The largest absolute Gasteiger partial charge is 0.496 e. The van der Waals surface area contributed by atoms with E-state index < -0.39 is 0 Å². The normalized spacial score (nSPS) is 16.5. The molecule has 0 bridgehead atoms. The smallest absolute Gasteiger partial charge is 0.227 e. The highest BCUT2D eigenvalue weighted by Crippen LogP contribution is 2.23. The van der Waals surface area contributed by atoms with Gasteiger partial charge in [0.1, 0.15) is 11.4 Å². The quantitative estimate of drug-likeness (QED) is 0.620. The molecule has 0 saturated carbocycles. The summed E-state index contributed by atoms with van der Waals surface area (Å²) in [5.74, 6) is 2.30. The summed E-state index contributed by atoms with van der Waals surface area (Å²) >= 11 is 0. The fraction of sp³-hybridized carbons (Fsp3) is 0.409. The first kappa shape index (κ1) is 20.0. The number of carbonyl (C=O) groups excluding carboxylic acids is 1. The maximum atomic E-state index is 12.8. The van der Waals surface area contributed by atoms with E-state index >= 15 is 0 Å². The van der Waals surface area contributed by atoms with Gasteiger partial charge in [-0.1, -0.05) is 17.3 Å². The molecule has 1 unspecified atom stereocenters. The Balaban J connectivity index is 1.36. The van der Waals surface area contributed by atoms with Crippen molar-refractivity contribution >= 4 is 5.91 Å². The highest BCUT2D eigenvalue weighted by atomic mass is 16.5. The van der Waals surface area contributed by atoms with Gasteiger partial charge in [0.25, 0.3) is 0 Å². The molecule has 156 valence electrons. The Morgan fingerprint density at radius 3 is 3.00 bits per heavy atom. The summed E-state index contributed by atoms with van der Waals surface area (Å²) in [4.78, 5) is 27.5. The zero-order chi connectivity index (χ0) is 20.9. The molecule has 0 aliphatic carbocycles. The SMILES string of the molecule is COc1ccc(CC(=O)N2CCCC(Cc3nc(-c4cnccn4)no3)C2)cc1C. The van der Waals surface area contributed by atoms with Gasteiger partial charge in [0.05, 0.1) is 19.7 Å². The molecule has 1 aliphatic heterocycles. The summed E-state index contributed by atoms with van der Waals surface area (Å²) in [6, 6.07) is 5.89. The van der Waals surface area contributed by atoms with Crippen molar-refractivity contribution in [3.63, 3.8) is 0 Å². The van der Waals surface area contributed by atoms with Gasteiger partial charge in [-0.25, -0.2) is 4.98 Å². The van der Waals surface area contributed by atoms with Gasteiger partial charge < -0.3 is 14.2 Å². The number of amides is 1. The van der Waals surface area contributed by atoms with Crippen molar-refractivity contribution in [2.45, 2.75) is 32.6 Å². The van der Waals surface area contributed by atoms with Gasteiger partial charge in [0.15, 0.2) is 0 Å². The molecule has 0 N–H and O–H groups in total. The average Bonchev–Trinajstić information content (AvgIpc) is 3.23. The lowest BCUT2D eigenvalue weighted by atomic mass is 9.94. The fourth-order valence-corrected chi connectivity index (χ4v) is 3.90. The summed E-state index contributed by atoms with van der Waals surface area (Å²) < 4.78 is 10.7. The monoisotopic (exact) mass is 407 g/mol. The second kappa shape index (κ2) is 9.02. The number of methoxy groups -OCH3 is 1. The van der Waals surface area contributed by atoms with Crippen molar-refractivity contribution in [3.8, 4) is 17.3 Å². The average molecular weight is 407 g/mol. The second-order valence-electron chi connectivity index (χ2n) is 7.64. The van der Waals surface area contributed by atoms with E-state index in [0.717, 1.165) is 36.3 Å². The molecule has 1 saturated heterocycles. The Kier molecular flexibility index (Phi) is 6.02. The summed E-state index contributed by atoms with van der Waals surface area (Å²) in [7, 11) is 1.65. The molecule has 1 amide bonds. The minimum absolute atomic E-state index is 0.148. The van der Waals surface area contributed by atoms with Crippen LogP contribution in [0.4, 0.5) is 0 Å². The predicted molar refractivity (Wildman–Crippen MR) is 110 cm³/mol. The van der Waals surface area contributed by atoms with E-state index in [4.69, 9.17) is 9.26 Å². The van der Waals surface area contributed by atoms with E-state index in [1.165, 1.54) is 0 Å². The molecule has 0 spiro atoms. The number of hydrogen-bond acceptors (Lipinski definition) is 7. The first-order chi connectivity index (χ1) is 14.6. The van der Waals surface area contributed by atoms with Crippen molar-refractivity contribution in [1.82, 2.24) is 25.0 Å². The molecule has 1 fully saturated rings. The first-order valence-corrected chi connectivity index (χ1v) is 10.1. The number of likely N-dealkylation sites (tertiary alicyclic amines) is 1. The maximum Gasteiger partial charge on any atom is 0.227 e. The number of carbonyl (C=O) groups is 1. The molecular formula is C22H25N5O3. The van der Waals surface area contributed by atoms with Crippen LogP contribution in [-0.4, -0.2) is 51.1 Å². The van der Waals surface area contributed by atoms with Crippen LogP contribution in [0.5, 0.6) is 5.75 Å². The Hall–Kier alpha value is -3.29. The molecule has 1 aliphatic rings. The second-order valence-corrected chi connectivity index (χ2v) is 7.64. The molecule has 1 aromatic carbocycles. The van der Waals surface area contributed by atoms with E-state index in [1.54, 1.807) is 25.7 Å². The molecule has 8 nitrogen and oxygen atoms in total. The van der Waals surface area contributed by atoms with Crippen LogP contribution in [0, 0.1) is 12.8 Å². The van der Waals surface area contributed by atoms with Crippen LogP contribution in [0.15, 0.2) is 41.3 Å². The van der Waals surface area contributed by atoms with Crippen LogP contribution in [-0.2, 0) is 17.6 Å². The molecule has 8 heteroatoms. The van der Waals surface area contributed by atoms with Crippen molar-refractivity contribution in [3.05, 3.63) is 53.8 Å². The van der Waals surface area contributed by atoms with Gasteiger partial charge in [-0.15, -0.1) is 0 Å². The third-order valence-electron chi connectivity index (χ3n) is 5.41. The lowest BCUT2D eigenvalue weighted by molar-refractivity contribution is -0.132. The highest BCUT2D eigenvalue weighted by Gasteiger charge is 2.26. The van der Waals surface area contributed by atoms with Gasteiger partial charge in [-0.3, -0.25) is 9.78 Å². The predicted octanol–water partition coefficient (Wildman–Crippen LogP) is 2.87. The summed E-state index contributed by atoms with van der Waals surface area (Å²) in [5, 5.41) is 4.00. The third-order valence-corrected chi connectivity index (χ3v) is 5.41. The molecule has 3 aromatic rings. The molecule has 0 radical (unpaired) electrons. The molecule has 4 rings (SSSR count). The third kappa shape index (κ3) is 4.64. The van der Waals surface area contributed by atoms with Crippen molar-refractivity contribution in [2.24, 2.45) is 5.92 Å². The van der Waals surface area contributed by atoms with Crippen molar-refractivity contribution in [2.75, 3.05) is 20.2 Å². The molecule has 2 aromatic heterocycles. The van der Waals surface area contributed by atoms with Crippen LogP contribution >= 0.6 is 0 Å². The number of rotatable bonds is 6. The number of benzene rings is 1. The van der Waals surface area contributed by atoms with Crippen LogP contribution < -0.4 is 4.74 Å². The van der Waals surface area contributed by atoms with Gasteiger partial charge in [-0.05, 0) is 42.9 Å². The van der Waals surface area contributed by atoms with Gasteiger partial charge in [0.2, 0.25) is 17.6 Å². The number of piperidine rings is 1. The summed E-state index contributed by atoms with van der Waals surface area (Å²) in [6.07, 6.45) is 7.87. The molecule has 1 atom stereocenters. The van der Waals surface area contributed by atoms with E-state index in [0.29, 0.717) is 42.7 Å². The minimum atomic E-state index is 0.148. The first-order valence-electron chi connectivity index (χ1n) is 10.1. The number of ether oxygens (including phenoxy) is 1. The Bertz CT molecular complexity index is 1010. The standard InChI is InChI=1S/C22H25N5O3/c1-15-10-16(5-6-19(15)29-2)12-21(28)27-9-3-4-17(14-27)11-20-25-22(26-30-20)18-13-23-7-8-24-18/h5-8,10,13,17H,3-4,9,11-12,14H2,1-2H3. The number of aromatic nitrogens is 4. The van der Waals surface area contributed by atoms with Gasteiger partial charge in [-0.2, -0.15) is 4.98 Å². The highest BCUT2D eigenvalue weighted by molar-refractivity contribution is 5.79. The summed E-state index contributed by atoms with van der Waals surface area (Å²) in [6.45, 7) is 3.49.